The first-order valence-corrected chi connectivity index (χ1v) is 13.3. The fraction of sp³-hybridized carbons (Fsp3) is 0.107. The number of sulfonamides is 1. The molecule has 2 N–H and O–H groups in total. The lowest BCUT2D eigenvalue weighted by Gasteiger charge is -2.13. The van der Waals surface area contributed by atoms with Crippen molar-refractivity contribution in [3.63, 3.8) is 0 Å². The van der Waals surface area contributed by atoms with Crippen molar-refractivity contribution >= 4 is 60.7 Å². The number of fused-ring (bicyclic) bond motifs is 3. The van der Waals surface area contributed by atoms with Gasteiger partial charge in [0, 0.05) is 39.6 Å². The Morgan fingerprint density at radius 3 is 2.39 bits per heavy atom. The van der Waals surface area contributed by atoms with Crippen LogP contribution in [-0.4, -0.2) is 18.9 Å². The topological polar surface area (TPSA) is 80.2 Å². The molecule has 0 spiro atoms. The maximum atomic E-state index is 13.1. The molecular weight excluding hydrogens is 494 g/mol. The number of hydrogen-bond donors (Lipinski definition) is 2. The molecule has 0 radical (unpaired) electrons. The van der Waals surface area contributed by atoms with Gasteiger partial charge >= 0.3 is 0 Å². The van der Waals surface area contributed by atoms with Gasteiger partial charge in [0.15, 0.2) is 0 Å². The number of nitrogens with zero attached hydrogens (tertiary/aromatic N) is 1. The van der Waals surface area contributed by atoms with Crippen LogP contribution in [0.2, 0.25) is 5.02 Å². The van der Waals surface area contributed by atoms with Crippen LogP contribution < -0.4 is 10.0 Å². The number of halogens is 1. The van der Waals surface area contributed by atoms with Crippen LogP contribution in [0.5, 0.6) is 0 Å². The average Bonchev–Trinajstić information content (AvgIpc) is 3.18. The minimum absolute atomic E-state index is 0.0291. The zero-order chi connectivity index (χ0) is 25.4. The minimum Gasteiger partial charge on any atom is -0.341 e. The van der Waals surface area contributed by atoms with E-state index >= 15 is 0 Å². The largest absolute Gasteiger partial charge is 0.341 e. The molecule has 1 aromatic heterocycles. The van der Waals surface area contributed by atoms with Crippen molar-refractivity contribution in [2.75, 3.05) is 10.0 Å². The Morgan fingerprint density at radius 2 is 1.61 bits per heavy atom. The molecule has 0 saturated carbocycles. The second-order valence-corrected chi connectivity index (χ2v) is 10.6. The van der Waals surface area contributed by atoms with E-state index in [0.717, 1.165) is 33.9 Å². The second-order valence-electron chi connectivity index (χ2n) is 8.51. The number of amides is 1. The van der Waals surface area contributed by atoms with Crippen LogP contribution in [0, 0.1) is 6.92 Å². The predicted molar refractivity (Wildman–Crippen MR) is 147 cm³/mol. The predicted octanol–water partition coefficient (Wildman–Crippen LogP) is 6.83. The molecule has 0 unspecified atom stereocenters. The van der Waals surface area contributed by atoms with Crippen molar-refractivity contribution in [1.82, 2.24) is 4.57 Å². The van der Waals surface area contributed by atoms with Crippen molar-refractivity contribution in [1.29, 1.82) is 0 Å². The van der Waals surface area contributed by atoms with Gasteiger partial charge in [0.1, 0.15) is 4.90 Å². The van der Waals surface area contributed by atoms with Crippen LogP contribution in [0.25, 0.3) is 21.8 Å². The van der Waals surface area contributed by atoms with Crippen LogP contribution in [0.3, 0.4) is 0 Å². The van der Waals surface area contributed by atoms with Crippen LogP contribution >= 0.6 is 11.6 Å². The molecule has 0 saturated heterocycles. The fourth-order valence-electron chi connectivity index (χ4n) is 4.41. The minimum atomic E-state index is -4.01. The Labute approximate surface area is 214 Å². The summed E-state index contributed by atoms with van der Waals surface area (Å²) in [4.78, 5) is 12.9. The summed E-state index contributed by atoms with van der Waals surface area (Å²) in [6, 6.07) is 25.2. The van der Waals surface area contributed by atoms with E-state index in [9.17, 15) is 13.2 Å². The Balaban J connectivity index is 1.46. The molecule has 0 aliphatic carbocycles. The maximum Gasteiger partial charge on any atom is 0.263 e. The summed E-state index contributed by atoms with van der Waals surface area (Å²) >= 11 is 6.24. The lowest BCUT2D eigenvalue weighted by Crippen LogP contribution is -2.17. The van der Waals surface area contributed by atoms with Crippen LogP contribution in [0.15, 0.2) is 89.8 Å². The van der Waals surface area contributed by atoms with Gasteiger partial charge in [-0.3, -0.25) is 9.52 Å². The van der Waals surface area contributed by atoms with Gasteiger partial charge in [-0.05, 0) is 67.9 Å². The third-order valence-corrected chi connectivity index (χ3v) is 8.07. The van der Waals surface area contributed by atoms with Crippen molar-refractivity contribution < 1.29 is 13.2 Å². The first-order chi connectivity index (χ1) is 17.3. The summed E-state index contributed by atoms with van der Waals surface area (Å²) in [7, 11) is -4.01. The molecule has 0 atom stereocenters. The summed E-state index contributed by atoms with van der Waals surface area (Å²) in [5, 5.41) is 5.06. The van der Waals surface area contributed by atoms with Crippen molar-refractivity contribution in [2.24, 2.45) is 0 Å². The van der Waals surface area contributed by atoms with Crippen molar-refractivity contribution in [3.05, 3.63) is 101 Å². The molecule has 5 aromatic rings. The zero-order valence-corrected chi connectivity index (χ0v) is 21.3. The zero-order valence-electron chi connectivity index (χ0n) is 19.7. The smallest absolute Gasteiger partial charge is 0.263 e. The van der Waals surface area contributed by atoms with E-state index in [1.54, 1.807) is 25.1 Å². The van der Waals surface area contributed by atoms with Gasteiger partial charge in [0.25, 0.3) is 15.9 Å². The number of hydrogen-bond acceptors (Lipinski definition) is 3. The molecular formula is C28H24ClN3O3S. The van der Waals surface area contributed by atoms with Crippen molar-refractivity contribution in [3.8, 4) is 0 Å². The third-order valence-electron chi connectivity index (χ3n) is 6.22. The molecule has 5 rings (SSSR count). The number of aryl methyl sites for hydroxylation is 2. The van der Waals surface area contributed by atoms with Gasteiger partial charge in [-0.1, -0.05) is 48.0 Å². The highest BCUT2D eigenvalue weighted by Crippen LogP contribution is 2.31. The van der Waals surface area contributed by atoms with Gasteiger partial charge in [-0.2, -0.15) is 0 Å². The van der Waals surface area contributed by atoms with E-state index in [2.05, 4.69) is 33.7 Å². The molecule has 0 bridgehead atoms. The third kappa shape index (κ3) is 4.32. The van der Waals surface area contributed by atoms with Crippen molar-refractivity contribution in [2.45, 2.75) is 25.3 Å². The van der Waals surface area contributed by atoms with E-state index in [-0.39, 0.29) is 15.5 Å². The summed E-state index contributed by atoms with van der Waals surface area (Å²) in [5.74, 6) is -0.433. The van der Waals surface area contributed by atoms with E-state index in [4.69, 9.17) is 11.6 Å². The van der Waals surface area contributed by atoms with Crippen LogP contribution in [0.1, 0.15) is 22.8 Å². The molecule has 36 heavy (non-hydrogen) atoms. The van der Waals surface area contributed by atoms with Gasteiger partial charge in [0.05, 0.1) is 10.7 Å². The number of para-hydroxylation sites is 2. The van der Waals surface area contributed by atoms with E-state index in [0.29, 0.717) is 11.4 Å². The fourth-order valence-corrected chi connectivity index (χ4v) is 6.07. The Bertz CT molecular complexity index is 1740. The van der Waals surface area contributed by atoms with Gasteiger partial charge in [0.2, 0.25) is 0 Å². The maximum absolute atomic E-state index is 13.1. The summed E-state index contributed by atoms with van der Waals surface area (Å²) in [6.07, 6.45) is 0. The number of benzene rings is 4. The SMILES string of the molecule is CCn1c2ccccc2c2cc(NC(=O)c3ccc(Cl)c(S(=O)(=O)Nc4ccccc4C)c3)ccc21. The highest BCUT2D eigenvalue weighted by Gasteiger charge is 2.21. The second kappa shape index (κ2) is 9.33. The number of carbonyl (C=O) groups excluding carboxylic acids is 1. The summed E-state index contributed by atoms with van der Waals surface area (Å²) in [6.45, 7) is 4.73. The Hall–Kier alpha value is -3.81. The first kappa shape index (κ1) is 23.9. The molecule has 0 aliphatic rings. The number of anilines is 2. The first-order valence-electron chi connectivity index (χ1n) is 11.5. The summed E-state index contributed by atoms with van der Waals surface area (Å²) < 4.78 is 30.9. The Morgan fingerprint density at radius 1 is 0.889 bits per heavy atom. The monoisotopic (exact) mass is 517 g/mol. The normalized spacial score (nSPS) is 11.6. The molecule has 1 amide bonds. The molecule has 8 heteroatoms. The highest BCUT2D eigenvalue weighted by atomic mass is 35.5. The molecule has 6 nitrogen and oxygen atoms in total. The van der Waals surface area contributed by atoms with Gasteiger partial charge in [-0.15, -0.1) is 0 Å². The number of aromatic nitrogens is 1. The van der Waals surface area contributed by atoms with Crippen LogP contribution in [-0.2, 0) is 16.6 Å². The average molecular weight is 518 g/mol. The van der Waals surface area contributed by atoms with Crippen LogP contribution in [0.4, 0.5) is 11.4 Å². The highest BCUT2D eigenvalue weighted by molar-refractivity contribution is 7.92. The van der Waals surface area contributed by atoms with E-state index in [1.807, 2.05) is 36.4 Å². The number of carbonyl (C=O) groups is 1. The summed E-state index contributed by atoms with van der Waals surface area (Å²) in [5.41, 5.74) is 4.23. The number of nitrogens with one attached hydrogen (secondary N) is 2. The molecule has 0 fully saturated rings. The lowest BCUT2D eigenvalue weighted by atomic mass is 10.1. The molecule has 182 valence electrons. The Kier molecular flexibility index (Phi) is 6.20. The van der Waals surface area contributed by atoms with Gasteiger partial charge in [-0.25, -0.2) is 8.42 Å². The van der Waals surface area contributed by atoms with Gasteiger partial charge < -0.3 is 9.88 Å². The quantitative estimate of drug-likeness (QED) is 0.259. The molecule has 1 heterocycles. The standard InChI is InChI=1S/C28H24ClN3O3S/c1-3-32-25-11-7-5-9-21(25)22-17-20(13-15-26(22)32)30-28(33)19-12-14-23(29)27(16-19)36(34,35)31-24-10-6-4-8-18(24)2/h4-17,31H,3H2,1-2H3,(H,30,33). The number of rotatable bonds is 6. The van der Waals surface area contributed by atoms with E-state index < -0.39 is 15.9 Å². The molecule has 4 aromatic carbocycles. The lowest BCUT2D eigenvalue weighted by molar-refractivity contribution is 0.102. The molecule has 0 aliphatic heterocycles. The van der Waals surface area contributed by atoms with E-state index in [1.165, 1.54) is 18.2 Å².